The maximum atomic E-state index is 13.8. The molecule has 1 fully saturated rings. The van der Waals surface area contributed by atoms with E-state index in [-0.39, 0.29) is 11.8 Å². The molecule has 4 nitrogen and oxygen atoms in total. The van der Waals surface area contributed by atoms with Gasteiger partial charge in [-0.3, -0.25) is 4.90 Å². The van der Waals surface area contributed by atoms with Crippen LogP contribution in [0, 0.1) is 18.7 Å². The van der Waals surface area contributed by atoms with E-state index in [0.29, 0.717) is 19.0 Å². The highest BCUT2D eigenvalue weighted by Crippen LogP contribution is 2.21. The van der Waals surface area contributed by atoms with Crippen molar-refractivity contribution in [2.45, 2.75) is 26.3 Å². The number of anilines is 1. The molecular formula is C21H25BrFN3O. The second-order valence-corrected chi connectivity index (χ2v) is 7.96. The number of carbonyl (C=O) groups excluding carboxylic acids is 1. The number of hydrogen-bond acceptors (Lipinski definition) is 2. The zero-order valence-electron chi connectivity index (χ0n) is 15.5. The first-order valence-electron chi connectivity index (χ1n) is 9.28. The molecule has 0 bridgehead atoms. The van der Waals surface area contributed by atoms with Crippen LogP contribution in [-0.2, 0) is 6.54 Å². The maximum absolute atomic E-state index is 13.8. The minimum Gasteiger partial charge on any atom is -0.338 e. The lowest BCUT2D eigenvalue weighted by Gasteiger charge is -2.32. The quantitative estimate of drug-likeness (QED) is 0.701. The number of piperidine rings is 1. The van der Waals surface area contributed by atoms with E-state index >= 15 is 0 Å². The van der Waals surface area contributed by atoms with Crippen LogP contribution in [0.5, 0.6) is 0 Å². The Balaban J connectivity index is 1.39. The SMILES string of the molecule is Cc1cc(NC(=O)NCC2CCN(Cc3ccccc3F)CC2)ccc1Br. The third-order valence-electron chi connectivity index (χ3n) is 5.03. The molecule has 0 radical (unpaired) electrons. The number of nitrogens with one attached hydrogen (secondary N) is 2. The van der Waals surface area contributed by atoms with Crippen LogP contribution in [0.1, 0.15) is 24.0 Å². The first-order chi connectivity index (χ1) is 13.0. The number of carbonyl (C=O) groups is 1. The van der Waals surface area contributed by atoms with Gasteiger partial charge in [-0.1, -0.05) is 34.1 Å². The molecular weight excluding hydrogens is 409 g/mol. The van der Waals surface area contributed by atoms with Gasteiger partial charge >= 0.3 is 6.03 Å². The summed E-state index contributed by atoms with van der Waals surface area (Å²) in [5.74, 6) is 0.320. The highest BCUT2D eigenvalue weighted by Gasteiger charge is 2.20. The summed E-state index contributed by atoms with van der Waals surface area (Å²) in [5, 5.41) is 5.84. The Morgan fingerprint density at radius 1 is 1.22 bits per heavy atom. The molecule has 2 N–H and O–H groups in total. The number of urea groups is 1. The summed E-state index contributed by atoms with van der Waals surface area (Å²) in [5.41, 5.74) is 2.61. The first kappa shape index (κ1) is 19.8. The number of nitrogens with zero attached hydrogens (tertiary/aromatic N) is 1. The smallest absolute Gasteiger partial charge is 0.319 e. The van der Waals surface area contributed by atoms with Crippen LogP contribution < -0.4 is 10.6 Å². The summed E-state index contributed by atoms with van der Waals surface area (Å²) in [7, 11) is 0. The van der Waals surface area contributed by atoms with Crippen LogP contribution in [0.4, 0.5) is 14.9 Å². The highest BCUT2D eigenvalue weighted by molar-refractivity contribution is 9.10. The molecule has 2 aromatic rings. The molecule has 3 rings (SSSR count). The van der Waals surface area contributed by atoms with Crippen molar-refractivity contribution in [3.63, 3.8) is 0 Å². The Bertz CT molecular complexity index is 791. The lowest BCUT2D eigenvalue weighted by Crippen LogP contribution is -2.39. The lowest BCUT2D eigenvalue weighted by atomic mass is 9.96. The van der Waals surface area contributed by atoms with E-state index in [2.05, 4.69) is 31.5 Å². The molecule has 0 unspecified atom stereocenters. The second-order valence-electron chi connectivity index (χ2n) is 7.11. The van der Waals surface area contributed by atoms with Crippen LogP contribution in [0.3, 0.4) is 0 Å². The molecule has 27 heavy (non-hydrogen) atoms. The van der Waals surface area contributed by atoms with Crippen LogP contribution in [0.25, 0.3) is 0 Å². The molecule has 0 aromatic heterocycles. The van der Waals surface area contributed by atoms with Crippen molar-refractivity contribution in [3.05, 3.63) is 63.9 Å². The number of halogens is 2. The number of hydrogen-bond donors (Lipinski definition) is 2. The minimum atomic E-state index is -0.175. The molecule has 1 aliphatic heterocycles. The van der Waals surface area contributed by atoms with Crippen molar-refractivity contribution in [1.29, 1.82) is 0 Å². The van der Waals surface area contributed by atoms with Gasteiger partial charge in [0.05, 0.1) is 0 Å². The molecule has 2 aromatic carbocycles. The van der Waals surface area contributed by atoms with Crippen molar-refractivity contribution in [1.82, 2.24) is 10.2 Å². The van der Waals surface area contributed by atoms with Crippen molar-refractivity contribution in [3.8, 4) is 0 Å². The van der Waals surface area contributed by atoms with E-state index in [1.165, 1.54) is 6.07 Å². The van der Waals surface area contributed by atoms with Gasteiger partial charge in [-0.15, -0.1) is 0 Å². The van der Waals surface area contributed by atoms with E-state index in [1.54, 1.807) is 6.07 Å². The predicted molar refractivity (Wildman–Crippen MR) is 110 cm³/mol. The van der Waals surface area contributed by atoms with Gasteiger partial charge in [0.15, 0.2) is 0 Å². The van der Waals surface area contributed by atoms with Crippen molar-refractivity contribution in [2.24, 2.45) is 5.92 Å². The van der Waals surface area contributed by atoms with Crippen LogP contribution in [-0.4, -0.2) is 30.6 Å². The summed E-state index contributed by atoms with van der Waals surface area (Å²) >= 11 is 3.45. The normalized spacial score (nSPS) is 15.5. The summed E-state index contributed by atoms with van der Waals surface area (Å²) in [6, 6.07) is 12.5. The minimum absolute atomic E-state index is 0.138. The maximum Gasteiger partial charge on any atom is 0.319 e. The number of amides is 2. The summed E-state index contributed by atoms with van der Waals surface area (Å²) in [6.07, 6.45) is 2.01. The van der Waals surface area contributed by atoms with E-state index in [4.69, 9.17) is 0 Å². The first-order valence-corrected chi connectivity index (χ1v) is 10.1. The van der Waals surface area contributed by atoms with Crippen molar-refractivity contribution in [2.75, 3.05) is 25.0 Å². The average molecular weight is 434 g/mol. The zero-order valence-corrected chi connectivity index (χ0v) is 17.1. The predicted octanol–water partition coefficient (Wildman–Crippen LogP) is 4.93. The standard InChI is InChI=1S/C21H25BrFN3O/c1-15-12-18(6-7-19(15)22)25-21(27)24-13-16-8-10-26(11-9-16)14-17-4-2-3-5-20(17)23/h2-7,12,16H,8-11,13-14H2,1H3,(H2,24,25,27). The van der Waals surface area contributed by atoms with Gasteiger partial charge in [-0.25, -0.2) is 9.18 Å². The number of aryl methyl sites for hydroxylation is 1. The van der Waals surface area contributed by atoms with Gasteiger partial charge in [0.2, 0.25) is 0 Å². The Hall–Kier alpha value is -1.92. The van der Waals surface area contributed by atoms with Crippen molar-refractivity contribution >= 4 is 27.6 Å². The van der Waals surface area contributed by atoms with Gasteiger partial charge in [0, 0.05) is 28.8 Å². The second kappa shape index (κ2) is 9.33. The van der Waals surface area contributed by atoms with Gasteiger partial charge in [0.1, 0.15) is 5.82 Å². The molecule has 0 saturated carbocycles. The fourth-order valence-electron chi connectivity index (χ4n) is 3.35. The number of rotatable bonds is 5. The topological polar surface area (TPSA) is 44.4 Å². The van der Waals surface area contributed by atoms with Crippen molar-refractivity contribution < 1.29 is 9.18 Å². The fourth-order valence-corrected chi connectivity index (χ4v) is 3.60. The Morgan fingerprint density at radius 3 is 2.67 bits per heavy atom. The monoisotopic (exact) mass is 433 g/mol. The van der Waals surface area contributed by atoms with E-state index in [9.17, 15) is 9.18 Å². The molecule has 0 atom stereocenters. The van der Waals surface area contributed by atoms with E-state index in [0.717, 1.165) is 47.2 Å². The van der Waals surface area contributed by atoms with Gasteiger partial charge in [-0.05, 0) is 68.6 Å². The average Bonchev–Trinajstić information content (AvgIpc) is 2.66. The third-order valence-corrected chi connectivity index (χ3v) is 5.92. The molecule has 144 valence electrons. The van der Waals surface area contributed by atoms with Crippen LogP contribution in [0.15, 0.2) is 46.9 Å². The summed E-state index contributed by atoms with van der Waals surface area (Å²) in [6.45, 7) is 5.15. The Morgan fingerprint density at radius 2 is 1.96 bits per heavy atom. The molecule has 0 aliphatic carbocycles. The molecule has 0 spiro atoms. The molecule has 1 saturated heterocycles. The molecule has 1 aliphatic rings. The largest absolute Gasteiger partial charge is 0.338 e. The summed E-state index contributed by atoms with van der Waals surface area (Å²) in [4.78, 5) is 14.4. The number of likely N-dealkylation sites (tertiary alicyclic amines) is 1. The molecule has 2 amide bonds. The Kier molecular flexibility index (Phi) is 6.85. The van der Waals surface area contributed by atoms with Gasteiger partial charge in [0.25, 0.3) is 0 Å². The van der Waals surface area contributed by atoms with E-state index in [1.807, 2.05) is 37.3 Å². The molecule has 1 heterocycles. The van der Waals surface area contributed by atoms with E-state index < -0.39 is 0 Å². The highest BCUT2D eigenvalue weighted by atomic mass is 79.9. The van der Waals surface area contributed by atoms with Crippen LogP contribution >= 0.6 is 15.9 Å². The summed E-state index contributed by atoms with van der Waals surface area (Å²) < 4.78 is 14.8. The van der Waals surface area contributed by atoms with Crippen LogP contribution in [0.2, 0.25) is 0 Å². The Labute approximate surface area is 168 Å². The molecule has 6 heteroatoms. The van der Waals surface area contributed by atoms with Gasteiger partial charge < -0.3 is 10.6 Å². The fraction of sp³-hybridized carbons (Fsp3) is 0.381. The zero-order chi connectivity index (χ0) is 19.2. The third kappa shape index (κ3) is 5.78. The number of benzene rings is 2. The van der Waals surface area contributed by atoms with Gasteiger partial charge in [-0.2, -0.15) is 0 Å². The lowest BCUT2D eigenvalue weighted by molar-refractivity contribution is 0.174.